The van der Waals surface area contributed by atoms with E-state index in [4.69, 9.17) is 0 Å². The monoisotopic (exact) mass is 210 g/mol. The molecule has 0 aromatic rings. The average Bonchev–Trinajstić information content (AvgIpc) is 2.12. The number of hydrogen-bond acceptors (Lipinski definition) is 1. The summed E-state index contributed by atoms with van der Waals surface area (Å²) in [6.07, 6.45) is 8.50. The SMILES string of the molecule is CC[C@H]([NH3+])C12C[C@@H]3C[C@@H](CC(O)(C3)C1)C2. The third kappa shape index (κ3) is 1.38. The number of quaternary nitrogens is 1. The molecule has 4 fully saturated rings. The lowest BCUT2D eigenvalue weighted by Crippen LogP contribution is -2.73. The van der Waals surface area contributed by atoms with Crippen LogP contribution in [0.15, 0.2) is 0 Å². The van der Waals surface area contributed by atoms with Gasteiger partial charge in [0.1, 0.15) is 0 Å². The Morgan fingerprint density at radius 3 is 2.33 bits per heavy atom. The second-order valence-corrected chi connectivity index (χ2v) is 6.65. The van der Waals surface area contributed by atoms with Crippen LogP contribution in [0.4, 0.5) is 0 Å². The second-order valence-electron chi connectivity index (χ2n) is 6.65. The first-order chi connectivity index (χ1) is 7.05. The predicted molar refractivity (Wildman–Crippen MR) is 59.0 cm³/mol. The van der Waals surface area contributed by atoms with Crippen LogP contribution in [0.1, 0.15) is 51.9 Å². The van der Waals surface area contributed by atoms with Crippen molar-refractivity contribution >= 4 is 0 Å². The fraction of sp³-hybridized carbons (Fsp3) is 1.00. The van der Waals surface area contributed by atoms with Crippen molar-refractivity contribution in [2.45, 2.75) is 63.5 Å². The smallest absolute Gasteiger partial charge is 0.0899 e. The zero-order valence-electron chi connectivity index (χ0n) is 9.84. The minimum atomic E-state index is -0.296. The van der Waals surface area contributed by atoms with E-state index in [9.17, 15) is 5.11 Å². The third-order valence-corrected chi connectivity index (χ3v) is 5.43. The third-order valence-electron chi connectivity index (χ3n) is 5.43. The highest BCUT2D eigenvalue weighted by Crippen LogP contribution is 2.62. The van der Waals surface area contributed by atoms with E-state index in [2.05, 4.69) is 12.7 Å². The van der Waals surface area contributed by atoms with Gasteiger partial charge in [0.05, 0.1) is 11.6 Å². The molecule has 2 nitrogen and oxygen atoms in total. The molecular formula is C13H24NO+. The van der Waals surface area contributed by atoms with Crippen LogP contribution in [0.5, 0.6) is 0 Å². The Hall–Kier alpha value is -0.0800. The van der Waals surface area contributed by atoms with E-state index in [1.54, 1.807) is 0 Å². The highest BCUT2D eigenvalue weighted by Gasteiger charge is 2.59. The van der Waals surface area contributed by atoms with Crippen LogP contribution in [0, 0.1) is 17.3 Å². The Balaban J connectivity index is 1.92. The minimum absolute atomic E-state index is 0.296. The summed E-state index contributed by atoms with van der Waals surface area (Å²) in [4.78, 5) is 0. The van der Waals surface area contributed by atoms with Gasteiger partial charge in [0.25, 0.3) is 0 Å². The Labute approximate surface area is 92.2 Å². The van der Waals surface area contributed by atoms with Crippen LogP contribution in [-0.4, -0.2) is 16.7 Å². The fourth-order valence-corrected chi connectivity index (χ4v) is 5.19. The van der Waals surface area contributed by atoms with E-state index in [0.717, 1.165) is 31.1 Å². The van der Waals surface area contributed by atoms with E-state index >= 15 is 0 Å². The maximum Gasteiger partial charge on any atom is 0.0899 e. The topological polar surface area (TPSA) is 47.9 Å². The molecule has 4 saturated carbocycles. The molecule has 0 aromatic heterocycles. The van der Waals surface area contributed by atoms with Crippen molar-refractivity contribution in [2.24, 2.45) is 17.3 Å². The van der Waals surface area contributed by atoms with Gasteiger partial charge in [0.2, 0.25) is 0 Å². The highest BCUT2D eigenvalue weighted by atomic mass is 16.3. The highest BCUT2D eigenvalue weighted by molar-refractivity contribution is 5.09. The molecule has 4 rings (SSSR count). The molecule has 0 saturated heterocycles. The maximum absolute atomic E-state index is 10.6. The van der Waals surface area contributed by atoms with Gasteiger partial charge >= 0.3 is 0 Å². The molecule has 4 aliphatic carbocycles. The molecular weight excluding hydrogens is 186 g/mol. The van der Waals surface area contributed by atoms with E-state index in [1.807, 2.05) is 0 Å². The van der Waals surface area contributed by atoms with Gasteiger partial charge in [-0.15, -0.1) is 0 Å². The molecule has 0 radical (unpaired) electrons. The minimum Gasteiger partial charge on any atom is -0.390 e. The standard InChI is InChI=1S/C13H23NO/c1-2-11(14)12-4-9-3-10(5-12)7-13(15,6-9)8-12/h9-11,15H,2-8,14H2,1H3/p+1/t9-,10+,11-,12?,13?/m0/s1. The van der Waals surface area contributed by atoms with Gasteiger partial charge in [0, 0.05) is 5.41 Å². The van der Waals surface area contributed by atoms with Crippen molar-refractivity contribution < 1.29 is 10.8 Å². The molecule has 4 N–H and O–H groups in total. The van der Waals surface area contributed by atoms with E-state index in [0.29, 0.717) is 11.5 Å². The van der Waals surface area contributed by atoms with Crippen molar-refractivity contribution in [2.75, 3.05) is 0 Å². The van der Waals surface area contributed by atoms with Crippen LogP contribution in [0.2, 0.25) is 0 Å². The summed E-state index contributed by atoms with van der Waals surface area (Å²) in [5.41, 5.74) is 4.48. The summed E-state index contributed by atoms with van der Waals surface area (Å²) < 4.78 is 0. The van der Waals surface area contributed by atoms with Gasteiger partial charge < -0.3 is 10.8 Å². The molecule has 15 heavy (non-hydrogen) atoms. The molecule has 4 aliphatic rings. The molecule has 2 unspecified atom stereocenters. The molecule has 0 aliphatic heterocycles. The van der Waals surface area contributed by atoms with Crippen molar-refractivity contribution in [3.63, 3.8) is 0 Å². The van der Waals surface area contributed by atoms with Gasteiger partial charge in [-0.05, 0) is 56.8 Å². The lowest BCUT2D eigenvalue weighted by Gasteiger charge is -2.60. The van der Waals surface area contributed by atoms with Gasteiger partial charge in [-0.3, -0.25) is 0 Å². The van der Waals surface area contributed by atoms with Gasteiger partial charge in [-0.25, -0.2) is 0 Å². The first-order valence-electron chi connectivity index (χ1n) is 6.61. The molecule has 0 spiro atoms. The summed E-state index contributed by atoms with van der Waals surface area (Å²) >= 11 is 0. The first-order valence-corrected chi connectivity index (χ1v) is 6.61. The normalized spacial score (nSPS) is 54.6. The van der Waals surface area contributed by atoms with Crippen molar-refractivity contribution in [3.05, 3.63) is 0 Å². The van der Waals surface area contributed by atoms with Gasteiger partial charge in [0.15, 0.2) is 0 Å². The molecule has 86 valence electrons. The number of hydrogen-bond donors (Lipinski definition) is 2. The van der Waals surface area contributed by atoms with Crippen molar-refractivity contribution in [1.29, 1.82) is 0 Å². The summed E-state index contributed by atoms with van der Waals surface area (Å²) in [7, 11) is 0. The Morgan fingerprint density at radius 2 is 1.87 bits per heavy atom. The molecule has 0 heterocycles. The second kappa shape index (κ2) is 2.98. The zero-order valence-corrected chi connectivity index (χ0v) is 9.84. The lowest BCUT2D eigenvalue weighted by molar-refractivity contribution is -0.461. The zero-order chi connectivity index (χ0) is 10.7. The molecule has 0 aromatic carbocycles. The average molecular weight is 210 g/mol. The molecule has 4 bridgehead atoms. The number of rotatable bonds is 2. The van der Waals surface area contributed by atoms with Crippen LogP contribution < -0.4 is 5.73 Å². The van der Waals surface area contributed by atoms with E-state index in [1.165, 1.54) is 25.7 Å². The molecule has 0 amide bonds. The molecule has 5 atom stereocenters. The maximum atomic E-state index is 10.6. The Kier molecular flexibility index (Phi) is 2.01. The van der Waals surface area contributed by atoms with Gasteiger partial charge in [-0.2, -0.15) is 0 Å². The van der Waals surface area contributed by atoms with Crippen molar-refractivity contribution in [1.82, 2.24) is 0 Å². The summed E-state index contributed by atoms with van der Waals surface area (Å²) in [5, 5.41) is 10.6. The van der Waals surface area contributed by atoms with Crippen LogP contribution in [0.25, 0.3) is 0 Å². The van der Waals surface area contributed by atoms with Crippen LogP contribution >= 0.6 is 0 Å². The summed E-state index contributed by atoms with van der Waals surface area (Å²) in [5.74, 6) is 1.62. The van der Waals surface area contributed by atoms with Crippen molar-refractivity contribution in [3.8, 4) is 0 Å². The van der Waals surface area contributed by atoms with E-state index in [-0.39, 0.29) is 5.60 Å². The summed E-state index contributed by atoms with van der Waals surface area (Å²) in [6.45, 7) is 2.25. The number of aliphatic hydroxyl groups is 1. The first kappa shape index (κ1) is 10.1. The molecule has 2 heteroatoms. The Morgan fingerprint density at radius 1 is 1.27 bits per heavy atom. The Bertz CT molecular complexity index is 262. The lowest BCUT2D eigenvalue weighted by atomic mass is 9.46. The fourth-order valence-electron chi connectivity index (χ4n) is 5.19. The van der Waals surface area contributed by atoms with Gasteiger partial charge in [-0.1, -0.05) is 6.92 Å². The predicted octanol–water partition coefficient (Wildman–Crippen LogP) is 1.34. The van der Waals surface area contributed by atoms with E-state index < -0.39 is 0 Å². The van der Waals surface area contributed by atoms with Crippen LogP contribution in [-0.2, 0) is 0 Å². The van der Waals surface area contributed by atoms with Crippen LogP contribution in [0.3, 0.4) is 0 Å². The quantitative estimate of drug-likeness (QED) is 0.710. The largest absolute Gasteiger partial charge is 0.390 e. The summed E-state index contributed by atoms with van der Waals surface area (Å²) in [6, 6.07) is 0.565.